The number of hydrogen-bond acceptors (Lipinski definition) is 5. The van der Waals surface area contributed by atoms with Crippen molar-refractivity contribution in [2.75, 3.05) is 44.4 Å². The van der Waals surface area contributed by atoms with E-state index in [-0.39, 0.29) is 5.56 Å². The third-order valence-corrected chi connectivity index (χ3v) is 3.36. The number of rotatable bonds is 6. The van der Waals surface area contributed by atoms with Crippen molar-refractivity contribution in [2.45, 2.75) is 26.8 Å². The normalized spacial score (nSPS) is 15.6. The van der Waals surface area contributed by atoms with Gasteiger partial charge in [-0.25, -0.2) is 4.98 Å². The van der Waals surface area contributed by atoms with Gasteiger partial charge in [-0.1, -0.05) is 6.92 Å². The summed E-state index contributed by atoms with van der Waals surface area (Å²) < 4.78 is 12.4. The minimum absolute atomic E-state index is 0.00181. The highest BCUT2D eigenvalue weighted by Gasteiger charge is 2.18. The molecule has 1 fully saturated rings. The molecule has 1 aromatic heterocycles. The fourth-order valence-electron chi connectivity index (χ4n) is 2.24. The maximum absolute atomic E-state index is 12.3. The Morgan fingerprint density at radius 3 is 2.75 bits per heavy atom. The zero-order chi connectivity index (χ0) is 14.4. The molecule has 0 saturated carbocycles. The molecule has 0 amide bonds. The SMILES string of the molecule is CCOCCn1c(N2CCOCC2)nc(CC)cc1=O. The van der Waals surface area contributed by atoms with E-state index >= 15 is 0 Å². The molecule has 0 unspecified atom stereocenters. The van der Waals surface area contributed by atoms with Crippen molar-refractivity contribution in [1.29, 1.82) is 0 Å². The van der Waals surface area contributed by atoms with Crippen LogP contribution in [0.1, 0.15) is 19.5 Å². The van der Waals surface area contributed by atoms with Crippen LogP contribution in [0.5, 0.6) is 0 Å². The van der Waals surface area contributed by atoms with E-state index in [0.717, 1.165) is 31.2 Å². The van der Waals surface area contributed by atoms with E-state index in [1.807, 2.05) is 13.8 Å². The van der Waals surface area contributed by atoms with E-state index < -0.39 is 0 Å². The third kappa shape index (κ3) is 3.58. The van der Waals surface area contributed by atoms with Crippen molar-refractivity contribution < 1.29 is 9.47 Å². The highest BCUT2D eigenvalue weighted by Crippen LogP contribution is 2.12. The Morgan fingerprint density at radius 2 is 2.10 bits per heavy atom. The number of hydrogen-bond donors (Lipinski definition) is 0. The van der Waals surface area contributed by atoms with Crippen LogP contribution in [0.15, 0.2) is 10.9 Å². The first-order chi connectivity index (χ1) is 9.76. The predicted octanol–water partition coefficient (Wildman–Crippen LogP) is 0.679. The number of nitrogens with zero attached hydrogens (tertiary/aromatic N) is 3. The Kier molecular flexibility index (Phi) is 5.55. The maximum Gasteiger partial charge on any atom is 0.255 e. The van der Waals surface area contributed by atoms with Crippen molar-refractivity contribution in [3.8, 4) is 0 Å². The summed E-state index contributed by atoms with van der Waals surface area (Å²) in [5.74, 6) is 0.748. The molecular weight excluding hydrogens is 258 g/mol. The second-order valence-electron chi connectivity index (χ2n) is 4.69. The van der Waals surface area contributed by atoms with E-state index in [1.54, 1.807) is 10.6 Å². The van der Waals surface area contributed by atoms with Crippen LogP contribution in [0.25, 0.3) is 0 Å². The van der Waals surface area contributed by atoms with Crippen LogP contribution in [-0.4, -0.2) is 49.1 Å². The molecule has 0 radical (unpaired) electrons. The molecule has 0 N–H and O–H groups in total. The van der Waals surface area contributed by atoms with E-state index in [1.165, 1.54) is 0 Å². The number of aryl methyl sites for hydroxylation is 1. The van der Waals surface area contributed by atoms with Crippen LogP contribution in [0.4, 0.5) is 5.95 Å². The van der Waals surface area contributed by atoms with Gasteiger partial charge in [0.15, 0.2) is 0 Å². The van der Waals surface area contributed by atoms with Crippen LogP contribution in [0.2, 0.25) is 0 Å². The zero-order valence-corrected chi connectivity index (χ0v) is 12.3. The van der Waals surface area contributed by atoms with Crippen molar-refractivity contribution in [2.24, 2.45) is 0 Å². The lowest BCUT2D eigenvalue weighted by Gasteiger charge is -2.29. The van der Waals surface area contributed by atoms with E-state index in [0.29, 0.717) is 33.0 Å². The van der Waals surface area contributed by atoms with Crippen molar-refractivity contribution in [1.82, 2.24) is 9.55 Å². The van der Waals surface area contributed by atoms with Gasteiger partial charge in [-0.2, -0.15) is 0 Å². The lowest BCUT2D eigenvalue weighted by Crippen LogP contribution is -2.41. The average Bonchev–Trinajstić information content (AvgIpc) is 2.49. The molecule has 1 saturated heterocycles. The minimum Gasteiger partial charge on any atom is -0.380 e. The van der Waals surface area contributed by atoms with Gasteiger partial charge in [0.1, 0.15) is 0 Å². The molecule has 2 rings (SSSR count). The lowest BCUT2D eigenvalue weighted by atomic mass is 10.3. The molecule has 0 aromatic carbocycles. The smallest absolute Gasteiger partial charge is 0.255 e. The van der Waals surface area contributed by atoms with E-state index in [9.17, 15) is 4.79 Å². The highest BCUT2D eigenvalue weighted by molar-refractivity contribution is 5.33. The Labute approximate surface area is 119 Å². The second-order valence-corrected chi connectivity index (χ2v) is 4.69. The highest BCUT2D eigenvalue weighted by atomic mass is 16.5. The molecule has 0 atom stereocenters. The van der Waals surface area contributed by atoms with Gasteiger partial charge in [-0.3, -0.25) is 9.36 Å². The largest absolute Gasteiger partial charge is 0.380 e. The topological polar surface area (TPSA) is 56.6 Å². The second kappa shape index (κ2) is 7.40. The van der Waals surface area contributed by atoms with Gasteiger partial charge < -0.3 is 14.4 Å². The molecule has 2 heterocycles. The lowest BCUT2D eigenvalue weighted by molar-refractivity contribution is 0.120. The molecule has 0 bridgehead atoms. The first-order valence-electron chi connectivity index (χ1n) is 7.27. The Hall–Kier alpha value is -1.40. The number of anilines is 1. The van der Waals surface area contributed by atoms with E-state index in [2.05, 4.69) is 9.88 Å². The van der Waals surface area contributed by atoms with Crippen LogP contribution < -0.4 is 10.5 Å². The number of morpholine rings is 1. The quantitative estimate of drug-likeness (QED) is 0.718. The summed E-state index contributed by atoms with van der Waals surface area (Å²) in [6.07, 6.45) is 0.763. The van der Waals surface area contributed by atoms with Gasteiger partial charge in [0, 0.05) is 31.5 Å². The molecule has 0 aliphatic carbocycles. The predicted molar refractivity (Wildman–Crippen MR) is 77.4 cm³/mol. The van der Waals surface area contributed by atoms with Crippen LogP contribution in [-0.2, 0) is 22.4 Å². The Morgan fingerprint density at radius 1 is 1.35 bits per heavy atom. The molecule has 1 aliphatic rings. The van der Waals surface area contributed by atoms with Crippen molar-refractivity contribution in [3.63, 3.8) is 0 Å². The van der Waals surface area contributed by atoms with E-state index in [4.69, 9.17) is 9.47 Å². The van der Waals surface area contributed by atoms with Crippen molar-refractivity contribution in [3.05, 3.63) is 22.1 Å². The summed E-state index contributed by atoms with van der Waals surface area (Å²) in [6.45, 7) is 8.58. The zero-order valence-electron chi connectivity index (χ0n) is 12.3. The third-order valence-electron chi connectivity index (χ3n) is 3.36. The summed E-state index contributed by atoms with van der Waals surface area (Å²) in [5, 5.41) is 0. The van der Waals surface area contributed by atoms with Gasteiger partial charge >= 0.3 is 0 Å². The minimum atomic E-state index is -0.00181. The Balaban J connectivity index is 2.28. The molecule has 0 spiro atoms. The van der Waals surface area contributed by atoms with Gasteiger partial charge in [0.2, 0.25) is 5.95 Å². The fourth-order valence-corrected chi connectivity index (χ4v) is 2.24. The molecule has 1 aliphatic heterocycles. The van der Waals surface area contributed by atoms with Gasteiger partial charge in [0.05, 0.1) is 26.4 Å². The average molecular weight is 281 g/mol. The van der Waals surface area contributed by atoms with Gasteiger partial charge in [-0.15, -0.1) is 0 Å². The molecule has 6 nitrogen and oxygen atoms in total. The van der Waals surface area contributed by atoms with Crippen molar-refractivity contribution >= 4 is 5.95 Å². The summed E-state index contributed by atoms with van der Waals surface area (Å²) >= 11 is 0. The van der Waals surface area contributed by atoms with Crippen LogP contribution >= 0.6 is 0 Å². The maximum atomic E-state index is 12.3. The first-order valence-corrected chi connectivity index (χ1v) is 7.27. The monoisotopic (exact) mass is 281 g/mol. The Bertz CT molecular complexity index is 481. The van der Waals surface area contributed by atoms with Crippen LogP contribution in [0.3, 0.4) is 0 Å². The number of aromatic nitrogens is 2. The summed E-state index contributed by atoms with van der Waals surface area (Å²) in [6, 6.07) is 1.62. The molecule has 1 aromatic rings. The van der Waals surface area contributed by atoms with Gasteiger partial charge in [0.25, 0.3) is 5.56 Å². The molecule has 20 heavy (non-hydrogen) atoms. The molecule has 6 heteroatoms. The first kappa shape index (κ1) is 15.0. The summed E-state index contributed by atoms with van der Waals surface area (Å²) in [5.41, 5.74) is 0.835. The summed E-state index contributed by atoms with van der Waals surface area (Å²) in [7, 11) is 0. The van der Waals surface area contributed by atoms with Crippen LogP contribution in [0, 0.1) is 0 Å². The standard InChI is InChI=1S/C14H23N3O3/c1-3-12-11-13(18)17(7-10-19-4-2)14(15-12)16-5-8-20-9-6-16/h11H,3-10H2,1-2H3. The fraction of sp³-hybridized carbons (Fsp3) is 0.714. The summed E-state index contributed by atoms with van der Waals surface area (Å²) in [4.78, 5) is 19.0. The van der Waals surface area contributed by atoms with Gasteiger partial charge in [-0.05, 0) is 13.3 Å². The molecular formula is C14H23N3O3. The number of ether oxygens (including phenoxy) is 2. The molecule has 112 valence electrons.